The number of aliphatic hydroxyl groups excluding tert-OH is 5. The Morgan fingerprint density at radius 3 is 0.980 bits per heavy atom. The normalized spacial score (nSPS) is 17.2. The van der Waals surface area contributed by atoms with E-state index in [1.807, 2.05) is 6.08 Å². The van der Waals surface area contributed by atoms with Crippen LogP contribution in [0.5, 0.6) is 0 Å². The van der Waals surface area contributed by atoms with E-state index in [4.69, 9.17) is 14.2 Å². The van der Waals surface area contributed by atoms with Crippen molar-refractivity contribution in [1.82, 2.24) is 5.32 Å². The summed E-state index contributed by atoms with van der Waals surface area (Å²) in [5.41, 5.74) is 0. The maximum atomic E-state index is 13.1. The Morgan fingerprint density at radius 2 is 0.644 bits per heavy atom. The van der Waals surface area contributed by atoms with E-state index in [1.165, 1.54) is 385 Å². The Bertz CT molecular complexity index is 1770. The number of ether oxygens (including phenoxy) is 3. The van der Waals surface area contributed by atoms with Gasteiger partial charge in [-0.1, -0.05) is 416 Å². The minimum Gasteiger partial charge on any atom is -0.466 e. The van der Waals surface area contributed by atoms with E-state index in [2.05, 4.69) is 43.5 Å². The number of allylic oxidation sites excluding steroid dienone is 5. The van der Waals surface area contributed by atoms with Crippen LogP contribution >= 0.6 is 0 Å². The smallest absolute Gasteiger partial charge is 0.305 e. The van der Waals surface area contributed by atoms with Gasteiger partial charge in [0, 0.05) is 12.8 Å². The lowest BCUT2D eigenvalue weighted by molar-refractivity contribution is -0.302. The van der Waals surface area contributed by atoms with E-state index in [1.54, 1.807) is 6.08 Å². The SMILES string of the molecule is CCCCCCCCCCC/C=C/CC/C=C/C(O)C(COC1OC(CO)C(O)C(O)C1O)NC(=O)CCCCCCCCCCCCCCCCCCC/C=C\CCCCCCCCCCCCCCCCCCCCOC(=O)CCCCCCCCCCCCCCCCCCCCC. The van der Waals surface area contributed by atoms with E-state index in [9.17, 15) is 35.1 Å². The molecule has 0 aliphatic carbocycles. The molecule has 11 heteroatoms. The van der Waals surface area contributed by atoms with Crippen LogP contribution in [0.3, 0.4) is 0 Å². The fourth-order valence-corrected chi connectivity index (χ4v) is 14.5. The summed E-state index contributed by atoms with van der Waals surface area (Å²) in [4.78, 5) is 25.3. The summed E-state index contributed by atoms with van der Waals surface area (Å²) in [7, 11) is 0. The monoisotopic (exact) mass is 1430 g/mol. The lowest BCUT2D eigenvalue weighted by atomic mass is 9.99. The van der Waals surface area contributed by atoms with Crippen LogP contribution in [0.25, 0.3) is 0 Å². The van der Waals surface area contributed by atoms with Crippen molar-refractivity contribution in [3.63, 3.8) is 0 Å². The summed E-state index contributed by atoms with van der Waals surface area (Å²) in [5, 5.41) is 54.7. The van der Waals surface area contributed by atoms with Gasteiger partial charge >= 0.3 is 5.97 Å². The maximum absolute atomic E-state index is 13.1. The van der Waals surface area contributed by atoms with Gasteiger partial charge < -0.3 is 45.1 Å². The minimum absolute atomic E-state index is 0.0225. The first-order chi connectivity index (χ1) is 49.7. The zero-order valence-electron chi connectivity index (χ0n) is 66.9. The third kappa shape index (κ3) is 67.0. The molecule has 1 saturated heterocycles. The zero-order valence-corrected chi connectivity index (χ0v) is 66.9. The maximum Gasteiger partial charge on any atom is 0.305 e. The van der Waals surface area contributed by atoms with Crippen molar-refractivity contribution in [3.05, 3.63) is 36.5 Å². The number of hydrogen-bond donors (Lipinski definition) is 6. The second kappa shape index (κ2) is 78.9. The van der Waals surface area contributed by atoms with Gasteiger partial charge in [-0.15, -0.1) is 0 Å². The number of carbonyl (C=O) groups excluding carboxylic acids is 2. The molecule has 7 unspecified atom stereocenters. The predicted octanol–water partition coefficient (Wildman–Crippen LogP) is 25.2. The van der Waals surface area contributed by atoms with Crippen LogP contribution in [0.2, 0.25) is 0 Å². The highest BCUT2D eigenvalue weighted by Crippen LogP contribution is 2.24. The van der Waals surface area contributed by atoms with Gasteiger partial charge in [-0.25, -0.2) is 0 Å². The molecular weight excluding hydrogens is 1250 g/mol. The van der Waals surface area contributed by atoms with Gasteiger partial charge in [-0.05, 0) is 70.6 Å². The van der Waals surface area contributed by atoms with Gasteiger partial charge in [0.05, 0.1) is 32.0 Å². The molecule has 0 radical (unpaired) electrons. The molecule has 0 spiro atoms. The minimum atomic E-state index is -1.58. The topological polar surface area (TPSA) is 175 Å². The molecule has 0 aromatic carbocycles. The summed E-state index contributed by atoms with van der Waals surface area (Å²) >= 11 is 0. The number of carbonyl (C=O) groups is 2. The Balaban J connectivity index is 1.87. The van der Waals surface area contributed by atoms with Gasteiger partial charge in [0.2, 0.25) is 5.91 Å². The van der Waals surface area contributed by atoms with Crippen LogP contribution in [0.4, 0.5) is 0 Å². The largest absolute Gasteiger partial charge is 0.466 e. The van der Waals surface area contributed by atoms with Crippen molar-refractivity contribution in [2.24, 2.45) is 0 Å². The molecule has 11 nitrogen and oxygen atoms in total. The predicted molar refractivity (Wildman–Crippen MR) is 431 cm³/mol. The Morgan fingerprint density at radius 1 is 0.356 bits per heavy atom. The third-order valence-electron chi connectivity index (χ3n) is 21.5. The number of hydrogen-bond acceptors (Lipinski definition) is 10. The standard InChI is InChI=1S/C90H171NO10/c1-3-5-7-9-11-13-15-17-19-20-42-46-50-54-58-62-66-70-74-78-86(95)99-79-75-71-67-63-59-55-51-47-44-41-39-37-35-33-31-29-27-25-23-21-22-24-26-28-30-32-34-36-38-40-43-45-49-53-57-61-65-69-73-77-85(94)91-82(81-100-90-89(98)88(97)87(96)84(80-92)101-90)83(93)76-72-68-64-60-56-52-48-18-16-14-12-10-8-6-4-2/h21-22,56,60,72,76,82-84,87-90,92-93,96-98H,3-20,23-55,57-59,61-71,73-75,77-81H2,1-2H3,(H,91,94)/b22-21-,60-56+,76-72+. The van der Waals surface area contributed by atoms with Crippen molar-refractivity contribution in [2.45, 2.75) is 506 Å². The molecule has 1 rings (SSSR count). The third-order valence-corrected chi connectivity index (χ3v) is 21.5. The Hall–Kier alpha value is -2.12. The summed E-state index contributed by atoms with van der Waals surface area (Å²) < 4.78 is 16.8. The first-order valence-electron chi connectivity index (χ1n) is 44.8. The van der Waals surface area contributed by atoms with Crippen LogP contribution in [-0.2, 0) is 23.8 Å². The molecule has 1 amide bonds. The summed E-state index contributed by atoms with van der Waals surface area (Å²) in [5.74, 6) is -0.162. The summed E-state index contributed by atoms with van der Waals surface area (Å²) in [6.07, 6.45) is 95.0. The average molecular weight is 1430 g/mol. The molecule has 1 heterocycles. The Kier molecular flexibility index (Phi) is 75.7. The van der Waals surface area contributed by atoms with Gasteiger partial charge in [0.15, 0.2) is 6.29 Å². The number of unbranched alkanes of at least 4 members (excludes halogenated alkanes) is 63. The van der Waals surface area contributed by atoms with Crippen LogP contribution in [0.1, 0.15) is 463 Å². The number of nitrogens with one attached hydrogen (secondary N) is 1. The van der Waals surface area contributed by atoms with Crippen LogP contribution in [0.15, 0.2) is 36.5 Å². The van der Waals surface area contributed by atoms with Crippen molar-refractivity contribution >= 4 is 11.9 Å². The molecule has 6 N–H and O–H groups in total. The second-order valence-corrected chi connectivity index (χ2v) is 31.3. The second-order valence-electron chi connectivity index (χ2n) is 31.3. The quantitative estimate of drug-likeness (QED) is 0.0195. The molecule has 0 saturated carbocycles. The fraction of sp³-hybridized carbons (Fsp3) is 0.911. The average Bonchev–Trinajstić information content (AvgIpc) is 0.830. The molecule has 1 aliphatic rings. The molecule has 7 atom stereocenters. The zero-order chi connectivity index (χ0) is 72.9. The van der Waals surface area contributed by atoms with E-state index in [0.29, 0.717) is 19.4 Å². The van der Waals surface area contributed by atoms with Gasteiger partial charge in [-0.2, -0.15) is 0 Å². The van der Waals surface area contributed by atoms with Gasteiger partial charge in [0.25, 0.3) is 0 Å². The molecule has 0 aromatic rings. The van der Waals surface area contributed by atoms with Crippen LogP contribution in [-0.4, -0.2) is 100 Å². The highest BCUT2D eigenvalue weighted by atomic mass is 16.7. The van der Waals surface area contributed by atoms with Gasteiger partial charge in [0.1, 0.15) is 24.4 Å². The first-order valence-corrected chi connectivity index (χ1v) is 44.8. The van der Waals surface area contributed by atoms with Gasteiger partial charge in [-0.3, -0.25) is 9.59 Å². The number of amides is 1. The summed E-state index contributed by atoms with van der Waals surface area (Å²) in [6.45, 7) is 4.40. The van der Waals surface area contributed by atoms with Crippen molar-refractivity contribution < 1.29 is 49.3 Å². The molecule has 596 valence electrons. The van der Waals surface area contributed by atoms with E-state index in [-0.39, 0.29) is 18.5 Å². The molecule has 0 aromatic heterocycles. The number of aliphatic hydroxyl groups is 5. The molecule has 0 bridgehead atoms. The molecular formula is C90H171NO10. The van der Waals surface area contributed by atoms with Crippen LogP contribution in [0, 0.1) is 0 Å². The molecule has 1 aliphatic heterocycles. The summed E-state index contributed by atoms with van der Waals surface area (Å²) in [6, 6.07) is -0.825. The van der Waals surface area contributed by atoms with E-state index < -0.39 is 49.5 Å². The fourth-order valence-electron chi connectivity index (χ4n) is 14.5. The molecule has 101 heavy (non-hydrogen) atoms. The lowest BCUT2D eigenvalue weighted by Crippen LogP contribution is -2.60. The van der Waals surface area contributed by atoms with Crippen molar-refractivity contribution in [3.8, 4) is 0 Å². The Labute approximate surface area is 625 Å². The van der Waals surface area contributed by atoms with Crippen LogP contribution < -0.4 is 5.32 Å². The first kappa shape index (κ1) is 96.9. The van der Waals surface area contributed by atoms with E-state index in [0.717, 1.165) is 51.4 Å². The van der Waals surface area contributed by atoms with E-state index >= 15 is 0 Å². The number of rotatable bonds is 81. The van der Waals surface area contributed by atoms with Crippen molar-refractivity contribution in [2.75, 3.05) is 19.8 Å². The van der Waals surface area contributed by atoms with Crippen molar-refractivity contribution in [1.29, 1.82) is 0 Å². The number of esters is 1. The molecule has 1 fully saturated rings. The lowest BCUT2D eigenvalue weighted by Gasteiger charge is -2.40. The highest BCUT2D eigenvalue weighted by molar-refractivity contribution is 5.76. The highest BCUT2D eigenvalue weighted by Gasteiger charge is 2.44.